The molecule has 0 aliphatic rings. The Hall–Kier alpha value is -3.02. The van der Waals surface area contributed by atoms with Crippen molar-refractivity contribution >= 4 is 23.2 Å². The Labute approximate surface area is 179 Å². The van der Waals surface area contributed by atoms with Crippen LogP contribution in [0.1, 0.15) is 52.4 Å². The number of amides is 2. The molecule has 2 amide bonds. The van der Waals surface area contributed by atoms with Gasteiger partial charge in [-0.15, -0.1) is 0 Å². The average molecular weight is 413 g/mol. The molecule has 0 fully saturated rings. The number of para-hydroxylation sites is 4. The van der Waals surface area contributed by atoms with Crippen molar-refractivity contribution in [2.75, 3.05) is 18.1 Å². The number of benzene rings is 2. The van der Waals surface area contributed by atoms with E-state index in [1.54, 1.807) is 36.4 Å². The Morgan fingerprint density at radius 1 is 0.800 bits per heavy atom. The fourth-order valence-electron chi connectivity index (χ4n) is 3.21. The molecule has 0 aliphatic heterocycles. The minimum Gasteiger partial charge on any atom is -0.492 e. The smallest absolute Gasteiger partial charge is 0.320 e. The molecule has 0 bridgehead atoms. The summed E-state index contributed by atoms with van der Waals surface area (Å²) in [5.41, 5.74) is 6.25. The lowest BCUT2D eigenvalue weighted by Gasteiger charge is -2.25. The predicted molar refractivity (Wildman–Crippen MR) is 119 cm³/mol. The Balaban J connectivity index is 2.26. The molecule has 2 aromatic carbocycles. The van der Waals surface area contributed by atoms with E-state index >= 15 is 0 Å². The number of carbonyl (C=O) groups is 2. The van der Waals surface area contributed by atoms with Crippen LogP contribution in [0.4, 0.5) is 11.4 Å². The predicted octanol–water partition coefficient (Wildman–Crippen LogP) is 4.97. The van der Waals surface area contributed by atoms with Gasteiger partial charge < -0.3 is 15.2 Å². The first kappa shape index (κ1) is 23.3. The number of hydrogen-bond acceptors (Lipinski definition) is 4. The van der Waals surface area contributed by atoms with Crippen molar-refractivity contribution in [3.8, 4) is 11.5 Å². The lowest BCUT2D eigenvalue weighted by molar-refractivity contribution is -0.135. The van der Waals surface area contributed by atoms with Crippen LogP contribution in [0.2, 0.25) is 0 Å². The lowest BCUT2D eigenvalue weighted by Crippen LogP contribution is -2.37. The van der Waals surface area contributed by atoms with Gasteiger partial charge in [0.1, 0.15) is 11.5 Å². The monoisotopic (exact) mass is 412 g/mol. The molecule has 0 aliphatic carbocycles. The van der Waals surface area contributed by atoms with Gasteiger partial charge in [0.15, 0.2) is 0 Å². The number of hydrogen-bond donors (Lipinski definition) is 1. The molecule has 0 unspecified atom stereocenters. The molecule has 0 aromatic heterocycles. The summed E-state index contributed by atoms with van der Waals surface area (Å²) >= 11 is 0. The highest BCUT2D eigenvalue weighted by Crippen LogP contribution is 2.38. The summed E-state index contributed by atoms with van der Waals surface area (Å²) in [6, 6.07) is 14.2. The number of ether oxygens (including phenoxy) is 2. The van der Waals surface area contributed by atoms with Gasteiger partial charge in [0.05, 0.1) is 24.6 Å². The molecule has 2 N–H and O–H groups in total. The Kier molecular flexibility index (Phi) is 9.71. The summed E-state index contributed by atoms with van der Waals surface area (Å²) in [4.78, 5) is 25.8. The van der Waals surface area contributed by atoms with Gasteiger partial charge in [0.25, 0.3) is 0 Å². The highest BCUT2D eigenvalue weighted by molar-refractivity contribution is 6.41. The zero-order valence-electron chi connectivity index (χ0n) is 17.9. The van der Waals surface area contributed by atoms with Crippen LogP contribution in [-0.2, 0) is 9.59 Å². The van der Waals surface area contributed by atoms with Gasteiger partial charge in [0, 0.05) is 0 Å². The quantitative estimate of drug-likeness (QED) is 0.394. The first-order chi connectivity index (χ1) is 14.6. The minimum absolute atomic E-state index is 0.422. The van der Waals surface area contributed by atoms with Crippen molar-refractivity contribution in [3.05, 3.63) is 48.5 Å². The van der Waals surface area contributed by atoms with E-state index < -0.39 is 11.8 Å². The van der Waals surface area contributed by atoms with Gasteiger partial charge in [-0.1, -0.05) is 63.3 Å². The summed E-state index contributed by atoms with van der Waals surface area (Å²) in [6.07, 6.45) is 6.93. The number of nitrogens with two attached hydrogens (primary N) is 1. The topological polar surface area (TPSA) is 81.9 Å². The van der Waals surface area contributed by atoms with Crippen LogP contribution in [0.5, 0.6) is 11.5 Å². The van der Waals surface area contributed by atoms with Crippen LogP contribution in [-0.4, -0.2) is 25.0 Å². The van der Waals surface area contributed by atoms with E-state index in [0.29, 0.717) is 36.1 Å². The van der Waals surface area contributed by atoms with Gasteiger partial charge in [0.2, 0.25) is 0 Å². The SMILES string of the molecule is CCCCCCCCOc1ccccc1N(C(=O)C(N)=O)c1ccccc1OCC. The summed E-state index contributed by atoms with van der Waals surface area (Å²) < 4.78 is 11.7. The molecule has 0 atom stereocenters. The van der Waals surface area contributed by atoms with E-state index in [1.165, 1.54) is 30.6 Å². The number of rotatable bonds is 12. The van der Waals surface area contributed by atoms with Crippen molar-refractivity contribution in [2.45, 2.75) is 52.4 Å². The second-order valence-corrected chi connectivity index (χ2v) is 6.99. The zero-order chi connectivity index (χ0) is 21.8. The maximum absolute atomic E-state index is 12.8. The van der Waals surface area contributed by atoms with Crippen LogP contribution < -0.4 is 20.1 Å². The lowest BCUT2D eigenvalue weighted by atomic mass is 10.1. The van der Waals surface area contributed by atoms with E-state index in [0.717, 1.165) is 12.8 Å². The first-order valence-electron chi connectivity index (χ1n) is 10.7. The van der Waals surface area contributed by atoms with Gasteiger partial charge in [-0.05, 0) is 37.6 Å². The van der Waals surface area contributed by atoms with E-state index in [1.807, 2.05) is 19.1 Å². The molecule has 162 valence electrons. The fourth-order valence-corrected chi connectivity index (χ4v) is 3.21. The highest BCUT2D eigenvalue weighted by Gasteiger charge is 2.27. The Morgan fingerprint density at radius 3 is 1.90 bits per heavy atom. The molecule has 2 aromatic rings. The van der Waals surface area contributed by atoms with Gasteiger partial charge in [-0.2, -0.15) is 0 Å². The van der Waals surface area contributed by atoms with Crippen molar-refractivity contribution in [1.29, 1.82) is 0 Å². The Morgan fingerprint density at radius 2 is 1.33 bits per heavy atom. The summed E-state index contributed by atoms with van der Waals surface area (Å²) in [7, 11) is 0. The second kappa shape index (κ2) is 12.5. The standard InChI is InChI=1S/C24H32N2O4/c1-3-5-6-7-8-13-18-30-22-17-12-10-15-20(22)26(24(28)23(25)27)19-14-9-11-16-21(19)29-4-2/h9-12,14-17H,3-8,13,18H2,1-2H3,(H2,25,27). The Bertz CT molecular complexity index is 822. The molecule has 6 heteroatoms. The molecule has 0 heterocycles. The van der Waals surface area contributed by atoms with Crippen LogP contribution in [0, 0.1) is 0 Å². The van der Waals surface area contributed by atoms with E-state index in [-0.39, 0.29) is 0 Å². The van der Waals surface area contributed by atoms with Crippen LogP contribution in [0.15, 0.2) is 48.5 Å². The van der Waals surface area contributed by atoms with Crippen LogP contribution >= 0.6 is 0 Å². The maximum Gasteiger partial charge on any atom is 0.320 e. The zero-order valence-corrected chi connectivity index (χ0v) is 17.9. The molecule has 0 saturated heterocycles. The molecule has 0 saturated carbocycles. The fraction of sp³-hybridized carbons (Fsp3) is 0.417. The third-order valence-corrected chi connectivity index (χ3v) is 4.68. The van der Waals surface area contributed by atoms with E-state index in [9.17, 15) is 9.59 Å². The van der Waals surface area contributed by atoms with Gasteiger partial charge >= 0.3 is 11.8 Å². The second-order valence-electron chi connectivity index (χ2n) is 6.99. The summed E-state index contributed by atoms with van der Waals surface area (Å²) in [6.45, 7) is 5.01. The average Bonchev–Trinajstić information content (AvgIpc) is 2.75. The summed E-state index contributed by atoms with van der Waals surface area (Å²) in [5.74, 6) is -0.892. The normalized spacial score (nSPS) is 10.5. The molecule has 6 nitrogen and oxygen atoms in total. The van der Waals surface area contributed by atoms with Crippen molar-refractivity contribution < 1.29 is 19.1 Å². The van der Waals surface area contributed by atoms with E-state index in [2.05, 4.69) is 6.92 Å². The first-order valence-corrected chi connectivity index (χ1v) is 10.7. The largest absolute Gasteiger partial charge is 0.492 e. The summed E-state index contributed by atoms with van der Waals surface area (Å²) in [5, 5.41) is 0. The van der Waals surface area contributed by atoms with Crippen LogP contribution in [0.25, 0.3) is 0 Å². The molecule has 0 spiro atoms. The molecular weight excluding hydrogens is 380 g/mol. The molecule has 30 heavy (non-hydrogen) atoms. The number of anilines is 2. The van der Waals surface area contributed by atoms with Gasteiger partial charge in [-0.3, -0.25) is 14.5 Å². The number of nitrogens with zero attached hydrogens (tertiary/aromatic N) is 1. The minimum atomic E-state index is -1.05. The van der Waals surface area contributed by atoms with Crippen molar-refractivity contribution in [1.82, 2.24) is 0 Å². The third kappa shape index (κ3) is 6.51. The highest BCUT2D eigenvalue weighted by atomic mass is 16.5. The maximum atomic E-state index is 12.8. The number of carbonyl (C=O) groups excluding carboxylic acids is 2. The number of primary amides is 1. The molecular formula is C24H32N2O4. The molecule has 0 radical (unpaired) electrons. The van der Waals surface area contributed by atoms with Gasteiger partial charge in [-0.25, -0.2) is 0 Å². The van der Waals surface area contributed by atoms with E-state index in [4.69, 9.17) is 15.2 Å². The van der Waals surface area contributed by atoms with Crippen molar-refractivity contribution in [2.24, 2.45) is 5.73 Å². The van der Waals surface area contributed by atoms with Crippen molar-refractivity contribution in [3.63, 3.8) is 0 Å². The molecule has 2 rings (SSSR count). The van der Waals surface area contributed by atoms with Crippen LogP contribution in [0.3, 0.4) is 0 Å². The third-order valence-electron chi connectivity index (χ3n) is 4.68. The number of unbranched alkanes of at least 4 members (excludes halogenated alkanes) is 5.